The lowest BCUT2D eigenvalue weighted by Gasteiger charge is -2.14. The maximum Gasteiger partial charge on any atom is 0.162 e. The molecule has 1 radical (unpaired) electrons. The lowest BCUT2D eigenvalue weighted by molar-refractivity contribution is -0.126. The van der Waals surface area contributed by atoms with Gasteiger partial charge in [-0.2, -0.15) is 0 Å². The van der Waals surface area contributed by atoms with Crippen LogP contribution in [0.3, 0.4) is 0 Å². The van der Waals surface area contributed by atoms with E-state index in [4.69, 9.17) is 10.2 Å². The van der Waals surface area contributed by atoms with Crippen LogP contribution in [0.1, 0.15) is 77.6 Å². The van der Waals surface area contributed by atoms with E-state index >= 15 is 0 Å². The van der Waals surface area contributed by atoms with Crippen molar-refractivity contribution in [1.82, 2.24) is 0 Å². The zero-order chi connectivity index (χ0) is 12.3. The summed E-state index contributed by atoms with van der Waals surface area (Å²) in [4.78, 5) is 0. The van der Waals surface area contributed by atoms with Gasteiger partial charge in [0.2, 0.25) is 0 Å². The van der Waals surface area contributed by atoms with Gasteiger partial charge in [0, 0.05) is 13.3 Å². The Morgan fingerprint density at radius 3 is 1.50 bits per heavy atom. The van der Waals surface area contributed by atoms with Crippen molar-refractivity contribution in [1.29, 1.82) is 0 Å². The third-order valence-electron chi connectivity index (χ3n) is 2.93. The Labute approximate surface area is 101 Å². The molecular weight excluding hydrogens is 200 g/mol. The second-order valence-corrected chi connectivity index (χ2v) is 4.91. The van der Waals surface area contributed by atoms with Crippen LogP contribution in [0.25, 0.3) is 0 Å². The minimum atomic E-state index is -1.71. The Kier molecular flexibility index (Phi) is 10.0. The highest BCUT2D eigenvalue weighted by Gasteiger charge is 2.13. The molecule has 0 spiro atoms. The average Bonchev–Trinajstić information content (AvgIpc) is 2.19. The molecule has 0 fully saturated rings. The van der Waals surface area contributed by atoms with Crippen LogP contribution in [-0.2, 0) is 0 Å². The van der Waals surface area contributed by atoms with Crippen LogP contribution in [0, 0.1) is 6.92 Å². The van der Waals surface area contributed by atoms with E-state index in [2.05, 4.69) is 13.8 Å². The van der Waals surface area contributed by atoms with Crippen LogP contribution in [0.5, 0.6) is 0 Å². The van der Waals surface area contributed by atoms with Gasteiger partial charge in [0.15, 0.2) is 5.79 Å². The molecule has 0 aromatic rings. The Morgan fingerprint density at radius 2 is 1.12 bits per heavy atom. The van der Waals surface area contributed by atoms with E-state index in [1.165, 1.54) is 51.4 Å². The first-order chi connectivity index (χ1) is 7.56. The number of aliphatic hydroxyl groups is 2. The minimum Gasteiger partial charge on any atom is -0.366 e. The van der Waals surface area contributed by atoms with E-state index in [9.17, 15) is 0 Å². The third-order valence-corrected chi connectivity index (χ3v) is 2.93. The second kappa shape index (κ2) is 10.1. The lowest BCUT2D eigenvalue weighted by Crippen LogP contribution is -2.22. The van der Waals surface area contributed by atoms with Crippen LogP contribution in [0.15, 0.2) is 0 Å². The summed E-state index contributed by atoms with van der Waals surface area (Å²) in [5.74, 6) is -1.71. The minimum absolute atomic E-state index is 0.392. The van der Waals surface area contributed by atoms with Crippen LogP contribution < -0.4 is 0 Å². The highest BCUT2D eigenvalue weighted by Crippen LogP contribution is 2.14. The molecule has 0 aliphatic rings. The molecule has 0 aromatic heterocycles. The summed E-state index contributed by atoms with van der Waals surface area (Å²) in [6.45, 7) is 5.50. The lowest BCUT2D eigenvalue weighted by atomic mass is 10.0. The molecule has 0 rings (SSSR count). The molecule has 0 unspecified atom stereocenters. The number of rotatable bonds is 11. The molecule has 0 aromatic carbocycles. The van der Waals surface area contributed by atoms with Crippen molar-refractivity contribution in [2.45, 2.75) is 83.3 Å². The van der Waals surface area contributed by atoms with Gasteiger partial charge in [-0.05, 0) is 6.42 Å². The Balaban J connectivity index is 2.99. The van der Waals surface area contributed by atoms with E-state index < -0.39 is 5.79 Å². The summed E-state index contributed by atoms with van der Waals surface area (Å²) in [6, 6.07) is 0. The highest BCUT2D eigenvalue weighted by molar-refractivity contribution is 4.65. The van der Waals surface area contributed by atoms with Crippen LogP contribution in [0.4, 0.5) is 0 Å². The molecule has 97 valence electrons. The Hall–Kier alpha value is -0.0800. The topological polar surface area (TPSA) is 40.5 Å². The van der Waals surface area contributed by atoms with Crippen LogP contribution >= 0.6 is 0 Å². The summed E-state index contributed by atoms with van der Waals surface area (Å²) in [7, 11) is 0. The average molecular weight is 229 g/mol. The van der Waals surface area contributed by atoms with Crippen molar-refractivity contribution in [3.05, 3.63) is 6.92 Å². The van der Waals surface area contributed by atoms with Gasteiger partial charge in [0.1, 0.15) is 0 Å². The zero-order valence-corrected chi connectivity index (χ0v) is 10.9. The Morgan fingerprint density at radius 1 is 0.750 bits per heavy atom. The fourth-order valence-electron chi connectivity index (χ4n) is 1.90. The van der Waals surface area contributed by atoms with Gasteiger partial charge in [-0.3, -0.25) is 0 Å². The number of unbranched alkanes of at least 4 members (excludes halogenated alkanes) is 9. The smallest absolute Gasteiger partial charge is 0.162 e. The molecule has 0 aliphatic heterocycles. The van der Waals surface area contributed by atoms with E-state index in [1.54, 1.807) is 0 Å². The van der Waals surface area contributed by atoms with Crippen LogP contribution in [0.2, 0.25) is 0 Å². The molecule has 0 heterocycles. The van der Waals surface area contributed by atoms with Crippen molar-refractivity contribution in [2.24, 2.45) is 0 Å². The highest BCUT2D eigenvalue weighted by atomic mass is 16.5. The van der Waals surface area contributed by atoms with Crippen molar-refractivity contribution < 1.29 is 10.2 Å². The summed E-state index contributed by atoms with van der Waals surface area (Å²) in [5, 5.41) is 18.0. The monoisotopic (exact) mass is 229 g/mol. The summed E-state index contributed by atoms with van der Waals surface area (Å²) in [6.07, 6.45) is 13.0. The van der Waals surface area contributed by atoms with Gasteiger partial charge in [0.05, 0.1) is 0 Å². The van der Waals surface area contributed by atoms with Crippen molar-refractivity contribution in [2.75, 3.05) is 0 Å². The quantitative estimate of drug-likeness (QED) is 0.418. The van der Waals surface area contributed by atoms with Crippen LogP contribution in [-0.4, -0.2) is 16.0 Å². The van der Waals surface area contributed by atoms with Crippen molar-refractivity contribution >= 4 is 0 Å². The first-order valence-electron chi connectivity index (χ1n) is 6.86. The molecule has 0 bridgehead atoms. The normalized spacial score (nSPS) is 12.0. The first kappa shape index (κ1) is 15.9. The second-order valence-electron chi connectivity index (χ2n) is 4.91. The van der Waals surface area contributed by atoms with Gasteiger partial charge >= 0.3 is 0 Å². The summed E-state index contributed by atoms with van der Waals surface area (Å²) < 4.78 is 0. The fraction of sp³-hybridized carbons (Fsp3) is 0.929. The predicted molar refractivity (Wildman–Crippen MR) is 69.0 cm³/mol. The van der Waals surface area contributed by atoms with Gasteiger partial charge in [-0.25, -0.2) is 0 Å². The molecule has 2 heteroatoms. The first-order valence-corrected chi connectivity index (χ1v) is 6.86. The van der Waals surface area contributed by atoms with Crippen molar-refractivity contribution in [3.63, 3.8) is 0 Å². The molecule has 0 saturated carbocycles. The van der Waals surface area contributed by atoms with Gasteiger partial charge < -0.3 is 10.2 Å². The maximum atomic E-state index is 8.99. The largest absolute Gasteiger partial charge is 0.366 e. The molecule has 0 aliphatic carbocycles. The van der Waals surface area contributed by atoms with E-state index in [1.807, 2.05) is 0 Å². The predicted octanol–water partition coefficient (Wildman–Crippen LogP) is 3.81. The van der Waals surface area contributed by atoms with Gasteiger partial charge in [0.25, 0.3) is 0 Å². The van der Waals surface area contributed by atoms with E-state index in [-0.39, 0.29) is 0 Å². The SMILES string of the molecule is [CH2]C(O)(O)CCCCCCCCCCCC. The summed E-state index contributed by atoms with van der Waals surface area (Å²) >= 11 is 0. The molecule has 0 amide bonds. The van der Waals surface area contributed by atoms with Crippen molar-refractivity contribution in [3.8, 4) is 0 Å². The number of hydrogen-bond donors (Lipinski definition) is 2. The third kappa shape index (κ3) is 13.9. The standard InChI is InChI=1S/C14H29O2/c1-3-4-5-6-7-8-9-10-11-12-13-14(2,15)16/h15-16H,2-13H2,1H3. The molecular formula is C14H29O2. The zero-order valence-electron chi connectivity index (χ0n) is 10.9. The van der Waals surface area contributed by atoms with Gasteiger partial charge in [-0.15, -0.1) is 0 Å². The molecule has 2 N–H and O–H groups in total. The Bertz CT molecular complexity index is 138. The maximum absolute atomic E-state index is 8.99. The fourth-order valence-corrected chi connectivity index (χ4v) is 1.90. The molecule has 0 atom stereocenters. The molecule has 16 heavy (non-hydrogen) atoms. The van der Waals surface area contributed by atoms with E-state index in [0.29, 0.717) is 6.42 Å². The number of hydrogen-bond acceptors (Lipinski definition) is 2. The molecule has 0 saturated heterocycles. The van der Waals surface area contributed by atoms with E-state index in [0.717, 1.165) is 12.8 Å². The van der Waals surface area contributed by atoms with Gasteiger partial charge in [-0.1, -0.05) is 64.7 Å². The summed E-state index contributed by atoms with van der Waals surface area (Å²) in [5.41, 5.74) is 0. The molecule has 2 nitrogen and oxygen atoms in total.